The maximum absolute atomic E-state index is 11.6. The van der Waals surface area contributed by atoms with E-state index in [-0.39, 0.29) is 5.78 Å². The van der Waals surface area contributed by atoms with E-state index in [1.54, 1.807) is 6.08 Å². The number of benzene rings is 1. The summed E-state index contributed by atoms with van der Waals surface area (Å²) in [7, 11) is 0. The van der Waals surface area contributed by atoms with E-state index >= 15 is 0 Å². The summed E-state index contributed by atoms with van der Waals surface area (Å²) in [5, 5.41) is 0. The van der Waals surface area contributed by atoms with Crippen molar-refractivity contribution in [3.63, 3.8) is 0 Å². The van der Waals surface area contributed by atoms with Crippen LogP contribution in [0.4, 0.5) is 0 Å². The lowest BCUT2D eigenvalue weighted by atomic mass is 10.0. The highest BCUT2D eigenvalue weighted by Gasteiger charge is 2.02. The summed E-state index contributed by atoms with van der Waals surface area (Å²) < 4.78 is 0. The molecule has 0 N–H and O–H groups in total. The van der Waals surface area contributed by atoms with Crippen molar-refractivity contribution in [3.05, 3.63) is 47.0 Å². The molecule has 1 rings (SSSR count). The molecule has 0 radical (unpaired) electrons. The zero-order chi connectivity index (χ0) is 10.6. The number of hydrogen-bond acceptors (Lipinski definition) is 1. The molecule has 14 heavy (non-hydrogen) atoms. The van der Waals surface area contributed by atoms with E-state index in [1.165, 1.54) is 0 Å². The van der Waals surface area contributed by atoms with Crippen molar-refractivity contribution in [3.8, 4) is 0 Å². The summed E-state index contributed by atoms with van der Waals surface area (Å²) in [5.41, 5.74) is 3.06. The molecule has 0 amide bonds. The number of ketones is 1. The van der Waals surface area contributed by atoms with Crippen molar-refractivity contribution in [2.45, 2.75) is 27.2 Å². The molecule has 0 spiro atoms. The molecule has 0 aliphatic heterocycles. The lowest BCUT2D eigenvalue weighted by Gasteiger charge is -2.00. The van der Waals surface area contributed by atoms with Crippen LogP contribution < -0.4 is 0 Å². The van der Waals surface area contributed by atoms with Crippen molar-refractivity contribution < 1.29 is 4.79 Å². The Morgan fingerprint density at radius 3 is 2.29 bits per heavy atom. The first-order valence-corrected chi connectivity index (χ1v) is 4.92. The molecule has 0 atom stereocenters. The van der Waals surface area contributed by atoms with Crippen molar-refractivity contribution in [2.75, 3.05) is 0 Å². The second kappa shape index (κ2) is 4.75. The number of rotatable bonds is 3. The van der Waals surface area contributed by atoms with Crippen molar-refractivity contribution in [2.24, 2.45) is 0 Å². The molecule has 0 bridgehead atoms. The molecule has 74 valence electrons. The average Bonchev–Trinajstić information content (AvgIpc) is 2.12. The van der Waals surface area contributed by atoms with Gasteiger partial charge in [-0.05, 0) is 38.5 Å². The van der Waals surface area contributed by atoms with E-state index in [0.29, 0.717) is 0 Å². The molecule has 0 saturated carbocycles. The van der Waals surface area contributed by atoms with Gasteiger partial charge in [-0.1, -0.05) is 30.2 Å². The molecule has 1 aromatic rings. The smallest absolute Gasteiger partial charge is 0.185 e. The van der Waals surface area contributed by atoms with Crippen LogP contribution in [0.25, 0.3) is 0 Å². The van der Waals surface area contributed by atoms with Crippen LogP contribution in [0.2, 0.25) is 0 Å². The Bertz CT molecular complexity index is 341. The summed E-state index contributed by atoms with van der Waals surface area (Å²) in [6.07, 6.45) is 4.44. The van der Waals surface area contributed by atoms with Crippen LogP contribution in [0, 0.1) is 13.8 Å². The van der Waals surface area contributed by atoms with Crippen LogP contribution in [0.1, 0.15) is 34.8 Å². The first-order chi connectivity index (χ1) is 6.63. The minimum atomic E-state index is 0.0960. The van der Waals surface area contributed by atoms with Gasteiger partial charge in [-0.25, -0.2) is 0 Å². The SMILES string of the molecule is CC/C=C/C(=O)c1cc(C)cc(C)c1. The minimum Gasteiger partial charge on any atom is -0.289 e. The van der Waals surface area contributed by atoms with Crippen LogP contribution in [0.5, 0.6) is 0 Å². The summed E-state index contributed by atoms with van der Waals surface area (Å²) >= 11 is 0. The largest absolute Gasteiger partial charge is 0.289 e. The van der Waals surface area contributed by atoms with Crippen LogP contribution in [-0.2, 0) is 0 Å². The molecule has 0 aliphatic rings. The van der Waals surface area contributed by atoms with Crippen LogP contribution in [0.15, 0.2) is 30.4 Å². The second-order valence-corrected chi connectivity index (χ2v) is 3.55. The van der Waals surface area contributed by atoms with Gasteiger partial charge in [-0.3, -0.25) is 4.79 Å². The predicted octanol–water partition coefficient (Wildman–Crippen LogP) is 3.45. The Hall–Kier alpha value is -1.37. The lowest BCUT2D eigenvalue weighted by molar-refractivity contribution is 0.104. The molecule has 1 aromatic carbocycles. The van der Waals surface area contributed by atoms with Crippen molar-refractivity contribution in [1.82, 2.24) is 0 Å². The number of carbonyl (C=O) groups excluding carboxylic acids is 1. The minimum absolute atomic E-state index is 0.0960. The summed E-state index contributed by atoms with van der Waals surface area (Å²) in [4.78, 5) is 11.6. The van der Waals surface area contributed by atoms with Gasteiger partial charge in [0.15, 0.2) is 5.78 Å². The first-order valence-electron chi connectivity index (χ1n) is 4.92. The molecular formula is C13H16O. The normalized spacial score (nSPS) is 10.8. The maximum Gasteiger partial charge on any atom is 0.185 e. The highest BCUT2D eigenvalue weighted by atomic mass is 16.1. The molecule has 0 aliphatic carbocycles. The summed E-state index contributed by atoms with van der Waals surface area (Å²) in [6.45, 7) is 6.03. The standard InChI is InChI=1S/C13H16O/c1-4-5-6-13(14)12-8-10(2)7-11(3)9-12/h5-9H,4H2,1-3H3/b6-5+. The van der Waals surface area contributed by atoms with Crippen LogP contribution in [-0.4, -0.2) is 5.78 Å². The predicted molar refractivity (Wildman–Crippen MR) is 59.7 cm³/mol. The van der Waals surface area contributed by atoms with E-state index in [2.05, 4.69) is 6.07 Å². The summed E-state index contributed by atoms with van der Waals surface area (Å²) in [5.74, 6) is 0.0960. The van der Waals surface area contributed by atoms with Crippen molar-refractivity contribution >= 4 is 5.78 Å². The molecule has 0 aromatic heterocycles. The average molecular weight is 188 g/mol. The zero-order valence-electron chi connectivity index (χ0n) is 9.00. The molecule has 0 heterocycles. The fourth-order valence-corrected chi connectivity index (χ4v) is 1.44. The number of carbonyl (C=O) groups is 1. The van der Waals surface area contributed by atoms with Crippen LogP contribution in [0.3, 0.4) is 0 Å². The second-order valence-electron chi connectivity index (χ2n) is 3.55. The first kappa shape index (κ1) is 10.7. The van der Waals surface area contributed by atoms with E-state index < -0.39 is 0 Å². The van der Waals surface area contributed by atoms with Gasteiger partial charge in [-0.2, -0.15) is 0 Å². The quantitative estimate of drug-likeness (QED) is 0.524. The number of hydrogen-bond donors (Lipinski definition) is 0. The van der Waals surface area contributed by atoms with Gasteiger partial charge in [0.1, 0.15) is 0 Å². The molecule has 0 unspecified atom stereocenters. The fourth-order valence-electron chi connectivity index (χ4n) is 1.44. The van der Waals surface area contributed by atoms with Gasteiger partial charge in [0.25, 0.3) is 0 Å². The Balaban J connectivity index is 2.95. The fraction of sp³-hybridized carbons (Fsp3) is 0.308. The number of allylic oxidation sites excluding steroid dienone is 2. The Kier molecular flexibility index (Phi) is 3.63. The molecule has 1 heteroatoms. The van der Waals surface area contributed by atoms with E-state index in [4.69, 9.17) is 0 Å². The van der Waals surface area contributed by atoms with Gasteiger partial charge < -0.3 is 0 Å². The molecule has 1 nitrogen and oxygen atoms in total. The topological polar surface area (TPSA) is 17.1 Å². The van der Waals surface area contributed by atoms with Gasteiger partial charge in [0.05, 0.1) is 0 Å². The van der Waals surface area contributed by atoms with Gasteiger partial charge >= 0.3 is 0 Å². The van der Waals surface area contributed by atoms with Crippen molar-refractivity contribution in [1.29, 1.82) is 0 Å². The molecule has 0 fully saturated rings. The Morgan fingerprint density at radius 1 is 1.21 bits per heavy atom. The zero-order valence-corrected chi connectivity index (χ0v) is 9.00. The lowest BCUT2D eigenvalue weighted by Crippen LogP contribution is -1.95. The van der Waals surface area contributed by atoms with E-state index in [9.17, 15) is 4.79 Å². The van der Waals surface area contributed by atoms with Gasteiger partial charge in [-0.15, -0.1) is 0 Å². The Labute approximate surface area is 85.5 Å². The molecule has 0 saturated heterocycles. The molecular weight excluding hydrogens is 172 g/mol. The third-order valence-electron chi connectivity index (χ3n) is 2.01. The Morgan fingerprint density at radius 2 is 1.79 bits per heavy atom. The van der Waals surface area contributed by atoms with Crippen LogP contribution >= 0.6 is 0 Å². The third-order valence-corrected chi connectivity index (χ3v) is 2.01. The van der Waals surface area contributed by atoms with Gasteiger partial charge in [0, 0.05) is 5.56 Å². The van der Waals surface area contributed by atoms with E-state index in [0.717, 1.165) is 23.1 Å². The maximum atomic E-state index is 11.6. The third kappa shape index (κ3) is 2.84. The number of aryl methyl sites for hydroxylation is 2. The highest BCUT2D eigenvalue weighted by Crippen LogP contribution is 2.10. The van der Waals surface area contributed by atoms with Gasteiger partial charge in [0.2, 0.25) is 0 Å². The highest BCUT2D eigenvalue weighted by molar-refractivity contribution is 6.04. The summed E-state index contributed by atoms with van der Waals surface area (Å²) in [6, 6.07) is 5.92. The monoisotopic (exact) mass is 188 g/mol. The van der Waals surface area contributed by atoms with E-state index in [1.807, 2.05) is 39.0 Å².